The van der Waals surface area contributed by atoms with Crippen molar-refractivity contribution in [2.75, 3.05) is 19.5 Å². The lowest BCUT2D eigenvalue weighted by Crippen LogP contribution is -2.35. The molecular weight excluding hydrogens is 322 g/mol. The van der Waals surface area contributed by atoms with Crippen LogP contribution in [-0.4, -0.2) is 38.3 Å². The lowest BCUT2D eigenvalue weighted by Gasteiger charge is -2.28. The molecule has 1 aromatic rings. The number of anilines is 1. The van der Waals surface area contributed by atoms with E-state index in [4.69, 9.17) is 14.2 Å². The second kappa shape index (κ2) is 9.11. The number of benzene rings is 1. The summed E-state index contributed by atoms with van der Waals surface area (Å²) in [7, 11) is 2.99. The van der Waals surface area contributed by atoms with Crippen LogP contribution in [0.2, 0.25) is 0 Å². The summed E-state index contributed by atoms with van der Waals surface area (Å²) in [6, 6.07) is 7.44. The Hall–Kier alpha value is -2.50. The number of esters is 2. The van der Waals surface area contributed by atoms with Gasteiger partial charge in [0.15, 0.2) is 0 Å². The SMILES string of the molecule is C=CC[C@@H]1OC(=O)C[C@H]1[C@@H](CCC(=O)OC)Nc1ccc(OC)cc1. The van der Waals surface area contributed by atoms with Gasteiger partial charge in [-0.2, -0.15) is 0 Å². The molecule has 2 rings (SSSR count). The molecule has 0 aliphatic carbocycles. The molecule has 0 saturated carbocycles. The molecule has 1 aliphatic heterocycles. The van der Waals surface area contributed by atoms with E-state index in [1.165, 1.54) is 7.11 Å². The minimum absolute atomic E-state index is 0.0303. The summed E-state index contributed by atoms with van der Waals surface area (Å²) in [5, 5.41) is 3.43. The third kappa shape index (κ3) is 5.24. The average Bonchev–Trinajstić information content (AvgIpc) is 2.99. The predicted octanol–water partition coefficient (Wildman–Crippen LogP) is 2.94. The highest BCUT2D eigenvalue weighted by atomic mass is 16.6. The van der Waals surface area contributed by atoms with Crippen molar-refractivity contribution >= 4 is 17.6 Å². The Morgan fingerprint density at radius 2 is 2.12 bits per heavy atom. The van der Waals surface area contributed by atoms with Crippen LogP contribution in [0.5, 0.6) is 5.75 Å². The van der Waals surface area contributed by atoms with Crippen molar-refractivity contribution in [2.24, 2.45) is 5.92 Å². The first kappa shape index (κ1) is 18.8. The molecule has 6 nitrogen and oxygen atoms in total. The van der Waals surface area contributed by atoms with Gasteiger partial charge in [-0.1, -0.05) is 6.08 Å². The number of ether oxygens (including phenoxy) is 3. The first-order chi connectivity index (χ1) is 12.1. The van der Waals surface area contributed by atoms with E-state index in [1.54, 1.807) is 13.2 Å². The molecule has 1 heterocycles. The van der Waals surface area contributed by atoms with Crippen LogP contribution in [0.4, 0.5) is 5.69 Å². The largest absolute Gasteiger partial charge is 0.497 e. The van der Waals surface area contributed by atoms with E-state index in [-0.39, 0.29) is 36.4 Å². The minimum atomic E-state index is -0.271. The fourth-order valence-corrected chi connectivity index (χ4v) is 3.09. The van der Waals surface area contributed by atoms with Crippen molar-refractivity contribution in [3.05, 3.63) is 36.9 Å². The Labute approximate surface area is 148 Å². The second-order valence-corrected chi connectivity index (χ2v) is 6.01. The predicted molar refractivity (Wildman–Crippen MR) is 94.5 cm³/mol. The van der Waals surface area contributed by atoms with Crippen LogP contribution >= 0.6 is 0 Å². The normalized spacial score (nSPS) is 20.5. The molecule has 0 amide bonds. The zero-order valence-corrected chi connectivity index (χ0v) is 14.7. The molecule has 1 aromatic carbocycles. The summed E-state index contributed by atoms with van der Waals surface area (Å²) in [4.78, 5) is 23.3. The van der Waals surface area contributed by atoms with Crippen molar-refractivity contribution in [3.8, 4) is 5.75 Å². The van der Waals surface area contributed by atoms with Gasteiger partial charge in [0.25, 0.3) is 0 Å². The molecule has 6 heteroatoms. The summed E-state index contributed by atoms with van der Waals surface area (Å²) < 4.78 is 15.3. The first-order valence-corrected chi connectivity index (χ1v) is 8.35. The number of nitrogens with one attached hydrogen (secondary N) is 1. The van der Waals surface area contributed by atoms with Crippen LogP contribution in [-0.2, 0) is 19.1 Å². The van der Waals surface area contributed by atoms with E-state index >= 15 is 0 Å². The minimum Gasteiger partial charge on any atom is -0.497 e. The molecule has 0 radical (unpaired) electrons. The Morgan fingerprint density at radius 3 is 2.72 bits per heavy atom. The number of methoxy groups -OCH3 is 2. The van der Waals surface area contributed by atoms with E-state index in [9.17, 15) is 9.59 Å². The Morgan fingerprint density at radius 1 is 1.40 bits per heavy atom. The highest BCUT2D eigenvalue weighted by Gasteiger charge is 2.39. The molecule has 3 atom stereocenters. The van der Waals surface area contributed by atoms with Crippen molar-refractivity contribution in [2.45, 2.75) is 37.8 Å². The second-order valence-electron chi connectivity index (χ2n) is 6.01. The number of carbonyl (C=O) groups is 2. The first-order valence-electron chi connectivity index (χ1n) is 8.35. The summed E-state index contributed by atoms with van der Waals surface area (Å²) in [5.74, 6) is 0.251. The number of hydrogen-bond donors (Lipinski definition) is 1. The van der Waals surface area contributed by atoms with E-state index in [2.05, 4.69) is 11.9 Å². The smallest absolute Gasteiger partial charge is 0.306 e. The van der Waals surface area contributed by atoms with Gasteiger partial charge in [-0.3, -0.25) is 9.59 Å². The summed E-state index contributed by atoms with van der Waals surface area (Å²) in [6.45, 7) is 3.73. The number of hydrogen-bond acceptors (Lipinski definition) is 6. The van der Waals surface area contributed by atoms with E-state index in [1.807, 2.05) is 24.3 Å². The zero-order valence-electron chi connectivity index (χ0n) is 14.7. The van der Waals surface area contributed by atoms with Gasteiger partial charge in [-0.25, -0.2) is 0 Å². The van der Waals surface area contributed by atoms with Crippen LogP contribution in [0, 0.1) is 5.92 Å². The maximum Gasteiger partial charge on any atom is 0.306 e. The summed E-state index contributed by atoms with van der Waals surface area (Å²) >= 11 is 0. The average molecular weight is 347 g/mol. The van der Waals surface area contributed by atoms with Gasteiger partial charge < -0.3 is 19.5 Å². The molecule has 25 heavy (non-hydrogen) atoms. The lowest BCUT2D eigenvalue weighted by atomic mass is 9.87. The lowest BCUT2D eigenvalue weighted by molar-refractivity contribution is -0.142. The Bertz CT molecular complexity index is 598. The van der Waals surface area contributed by atoms with Crippen LogP contribution < -0.4 is 10.1 Å². The number of cyclic esters (lactones) is 1. The van der Waals surface area contributed by atoms with Gasteiger partial charge >= 0.3 is 11.9 Å². The zero-order chi connectivity index (χ0) is 18.2. The standard InChI is InChI=1S/C19H25NO5/c1-4-5-17-15(12-19(22)25-17)16(10-11-18(21)24-3)20-13-6-8-14(23-2)9-7-13/h4,6-9,15-17,20H,1,5,10-12H2,2-3H3/t15-,16+,17-/m0/s1. The monoisotopic (exact) mass is 347 g/mol. The maximum absolute atomic E-state index is 11.8. The fraction of sp³-hybridized carbons (Fsp3) is 0.474. The molecule has 0 aromatic heterocycles. The highest BCUT2D eigenvalue weighted by molar-refractivity contribution is 5.73. The molecular formula is C19H25NO5. The van der Waals surface area contributed by atoms with Crippen LogP contribution in [0.1, 0.15) is 25.7 Å². The van der Waals surface area contributed by atoms with Gasteiger partial charge in [0.1, 0.15) is 11.9 Å². The van der Waals surface area contributed by atoms with Gasteiger partial charge in [-0.15, -0.1) is 6.58 Å². The topological polar surface area (TPSA) is 73.9 Å². The third-order valence-electron chi connectivity index (χ3n) is 4.41. The molecule has 1 saturated heterocycles. The van der Waals surface area contributed by atoms with Crippen molar-refractivity contribution in [1.82, 2.24) is 0 Å². The highest BCUT2D eigenvalue weighted by Crippen LogP contribution is 2.32. The molecule has 136 valence electrons. The van der Waals surface area contributed by atoms with Crippen LogP contribution in [0.25, 0.3) is 0 Å². The molecule has 0 bridgehead atoms. The molecule has 1 fully saturated rings. The van der Waals surface area contributed by atoms with Gasteiger partial charge in [-0.05, 0) is 30.7 Å². The summed E-state index contributed by atoms with van der Waals surface area (Å²) in [6.07, 6.45) is 3.27. The van der Waals surface area contributed by atoms with Crippen molar-refractivity contribution < 1.29 is 23.8 Å². The molecule has 0 spiro atoms. The maximum atomic E-state index is 11.8. The summed E-state index contributed by atoms with van der Waals surface area (Å²) in [5.41, 5.74) is 0.896. The third-order valence-corrected chi connectivity index (χ3v) is 4.41. The van der Waals surface area contributed by atoms with Gasteiger partial charge in [0.2, 0.25) is 0 Å². The molecule has 0 unspecified atom stereocenters. The number of carbonyl (C=O) groups excluding carboxylic acids is 2. The van der Waals surface area contributed by atoms with Gasteiger partial charge in [0, 0.05) is 30.5 Å². The van der Waals surface area contributed by atoms with E-state index in [0.29, 0.717) is 19.3 Å². The van der Waals surface area contributed by atoms with Crippen LogP contribution in [0.3, 0.4) is 0 Å². The Balaban J connectivity index is 2.14. The molecule has 1 aliphatic rings. The quantitative estimate of drug-likeness (QED) is 0.547. The fourth-order valence-electron chi connectivity index (χ4n) is 3.09. The number of rotatable bonds is 9. The van der Waals surface area contributed by atoms with E-state index in [0.717, 1.165) is 11.4 Å². The van der Waals surface area contributed by atoms with Gasteiger partial charge in [0.05, 0.1) is 20.6 Å². The Kier molecular flexibility index (Phi) is 6.86. The van der Waals surface area contributed by atoms with Crippen molar-refractivity contribution in [3.63, 3.8) is 0 Å². The van der Waals surface area contributed by atoms with E-state index < -0.39 is 0 Å². The molecule has 1 N–H and O–H groups in total. The van der Waals surface area contributed by atoms with Crippen LogP contribution in [0.15, 0.2) is 36.9 Å². The van der Waals surface area contributed by atoms with Crippen molar-refractivity contribution in [1.29, 1.82) is 0 Å².